The zero-order chi connectivity index (χ0) is 23.5. The van der Waals surface area contributed by atoms with Gasteiger partial charge in [-0.05, 0) is 50.6 Å². The van der Waals surface area contributed by atoms with Gasteiger partial charge in [-0.2, -0.15) is 13.2 Å². The van der Waals surface area contributed by atoms with E-state index in [9.17, 15) is 22.8 Å². The maximum Gasteiger partial charge on any atom is 0.416 e. The van der Waals surface area contributed by atoms with Crippen LogP contribution in [0.2, 0.25) is 0 Å². The summed E-state index contributed by atoms with van der Waals surface area (Å²) < 4.78 is 51.3. The molecule has 0 spiro atoms. The van der Waals surface area contributed by atoms with Crippen molar-refractivity contribution in [3.63, 3.8) is 0 Å². The van der Waals surface area contributed by atoms with E-state index in [-0.39, 0.29) is 42.8 Å². The average Bonchev–Trinajstić information content (AvgIpc) is 2.72. The van der Waals surface area contributed by atoms with Crippen molar-refractivity contribution in [1.82, 2.24) is 5.32 Å². The zero-order valence-electron chi connectivity index (χ0n) is 18.0. The van der Waals surface area contributed by atoms with Crippen molar-refractivity contribution in [2.24, 2.45) is 0 Å². The predicted molar refractivity (Wildman–Crippen MR) is 113 cm³/mol. The first-order chi connectivity index (χ1) is 15.1. The number of carbonyl (C=O) groups excluding carboxylic acids is 2. The first kappa shape index (κ1) is 23.4. The molecule has 0 bridgehead atoms. The van der Waals surface area contributed by atoms with Crippen molar-refractivity contribution < 1.29 is 32.2 Å². The van der Waals surface area contributed by atoms with E-state index in [2.05, 4.69) is 5.32 Å². The molecule has 0 aliphatic carbocycles. The highest BCUT2D eigenvalue weighted by atomic mass is 19.4. The molecule has 2 amide bonds. The van der Waals surface area contributed by atoms with Crippen LogP contribution in [-0.4, -0.2) is 30.6 Å². The van der Waals surface area contributed by atoms with E-state index in [1.54, 1.807) is 45.0 Å². The SMILES string of the molecule is CC(C)Oc1ccc(CNC(=O)CCN2C(=O)C(C)Oc3ccccc32)c(C(F)(F)F)c1. The number of anilines is 1. The second-order valence-electron chi connectivity index (χ2n) is 7.73. The Morgan fingerprint density at radius 1 is 1.22 bits per heavy atom. The summed E-state index contributed by atoms with van der Waals surface area (Å²) in [5, 5.41) is 2.51. The summed E-state index contributed by atoms with van der Waals surface area (Å²) >= 11 is 0. The van der Waals surface area contributed by atoms with Gasteiger partial charge in [0.25, 0.3) is 5.91 Å². The minimum atomic E-state index is -4.59. The number of hydrogen-bond acceptors (Lipinski definition) is 4. The summed E-state index contributed by atoms with van der Waals surface area (Å²) in [4.78, 5) is 26.3. The van der Waals surface area contributed by atoms with Crippen LogP contribution < -0.4 is 19.7 Å². The van der Waals surface area contributed by atoms with Gasteiger partial charge in [0.05, 0.1) is 17.4 Å². The van der Waals surface area contributed by atoms with Crippen molar-refractivity contribution in [3.05, 3.63) is 53.6 Å². The van der Waals surface area contributed by atoms with Gasteiger partial charge in [0.15, 0.2) is 6.10 Å². The van der Waals surface area contributed by atoms with Gasteiger partial charge in [-0.15, -0.1) is 0 Å². The third-order valence-corrected chi connectivity index (χ3v) is 4.87. The van der Waals surface area contributed by atoms with E-state index in [0.717, 1.165) is 6.07 Å². The third-order valence-electron chi connectivity index (χ3n) is 4.87. The molecule has 2 aromatic rings. The monoisotopic (exact) mass is 450 g/mol. The van der Waals surface area contributed by atoms with Crippen LogP contribution >= 0.6 is 0 Å². The van der Waals surface area contributed by atoms with E-state index in [1.165, 1.54) is 17.0 Å². The second-order valence-corrected chi connectivity index (χ2v) is 7.73. The number of rotatable bonds is 7. The Morgan fingerprint density at radius 3 is 2.62 bits per heavy atom. The molecule has 9 heteroatoms. The van der Waals surface area contributed by atoms with Gasteiger partial charge in [0, 0.05) is 19.5 Å². The minimum absolute atomic E-state index is 0.0663. The fraction of sp³-hybridized carbons (Fsp3) is 0.391. The summed E-state index contributed by atoms with van der Waals surface area (Å²) in [6, 6.07) is 10.7. The summed E-state index contributed by atoms with van der Waals surface area (Å²) in [5.74, 6) is -0.0961. The van der Waals surface area contributed by atoms with Crippen molar-refractivity contribution in [2.75, 3.05) is 11.4 Å². The van der Waals surface area contributed by atoms with Gasteiger partial charge >= 0.3 is 6.18 Å². The number of alkyl halides is 3. The Bertz CT molecular complexity index is 991. The van der Waals surface area contributed by atoms with Crippen LogP contribution in [-0.2, 0) is 22.3 Å². The lowest BCUT2D eigenvalue weighted by Crippen LogP contribution is -2.45. The third kappa shape index (κ3) is 5.52. The average molecular weight is 450 g/mol. The smallest absolute Gasteiger partial charge is 0.416 e. The molecule has 0 radical (unpaired) electrons. The van der Waals surface area contributed by atoms with Crippen LogP contribution in [0.1, 0.15) is 38.3 Å². The summed E-state index contributed by atoms with van der Waals surface area (Å²) in [5.41, 5.74) is -0.367. The van der Waals surface area contributed by atoms with Crippen molar-refractivity contribution in [1.29, 1.82) is 0 Å². The summed E-state index contributed by atoms with van der Waals surface area (Å²) in [6.07, 6.45) is -5.61. The molecule has 0 saturated carbocycles. The van der Waals surface area contributed by atoms with Crippen LogP contribution in [0.5, 0.6) is 11.5 Å². The largest absolute Gasteiger partial charge is 0.491 e. The molecule has 1 heterocycles. The normalized spacial score (nSPS) is 15.9. The predicted octanol–water partition coefficient (Wildman–Crippen LogP) is 4.31. The van der Waals surface area contributed by atoms with Gasteiger partial charge in [-0.3, -0.25) is 9.59 Å². The molecule has 32 heavy (non-hydrogen) atoms. The molecule has 172 valence electrons. The molecular formula is C23H25F3N2O4. The highest BCUT2D eigenvalue weighted by Gasteiger charge is 2.34. The molecule has 0 fully saturated rings. The lowest BCUT2D eigenvalue weighted by Gasteiger charge is -2.32. The molecule has 1 aliphatic heterocycles. The Labute approximate surface area is 184 Å². The first-order valence-electron chi connectivity index (χ1n) is 10.3. The van der Waals surface area contributed by atoms with E-state index >= 15 is 0 Å². The highest BCUT2D eigenvalue weighted by molar-refractivity contribution is 6.00. The van der Waals surface area contributed by atoms with Crippen LogP contribution in [0, 0.1) is 0 Å². The number of fused-ring (bicyclic) bond motifs is 1. The van der Waals surface area contributed by atoms with E-state index < -0.39 is 23.8 Å². The fourth-order valence-corrected chi connectivity index (χ4v) is 3.40. The quantitative estimate of drug-likeness (QED) is 0.683. The van der Waals surface area contributed by atoms with E-state index in [1.807, 2.05) is 0 Å². The van der Waals surface area contributed by atoms with Crippen molar-refractivity contribution >= 4 is 17.5 Å². The van der Waals surface area contributed by atoms with Gasteiger partial charge in [0.1, 0.15) is 11.5 Å². The number of benzene rings is 2. The van der Waals surface area contributed by atoms with Crippen molar-refractivity contribution in [2.45, 2.75) is 52.1 Å². The molecule has 1 unspecified atom stereocenters. The van der Waals surface area contributed by atoms with Crippen LogP contribution in [0.3, 0.4) is 0 Å². The number of halogens is 3. The molecule has 2 aromatic carbocycles. The number of nitrogens with zero attached hydrogens (tertiary/aromatic N) is 1. The lowest BCUT2D eigenvalue weighted by molar-refractivity contribution is -0.138. The number of para-hydroxylation sites is 2. The lowest BCUT2D eigenvalue weighted by atomic mass is 10.1. The number of carbonyl (C=O) groups is 2. The standard InChI is InChI=1S/C23H25F3N2O4/c1-14(2)31-17-9-8-16(18(12-17)23(24,25)26)13-27-21(29)10-11-28-19-6-4-5-7-20(19)32-15(3)22(28)30/h4-9,12,14-15H,10-11,13H2,1-3H3,(H,27,29). The maximum atomic E-state index is 13.5. The molecule has 1 aliphatic rings. The topological polar surface area (TPSA) is 67.9 Å². The van der Waals surface area contributed by atoms with E-state index in [0.29, 0.717) is 11.4 Å². The molecule has 3 rings (SSSR count). The molecule has 1 atom stereocenters. The molecular weight excluding hydrogens is 425 g/mol. The maximum absolute atomic E-state index is 13.5. The molecule has 1 N–H and O–H groups in total. The Balaban J connectivity index is 1.65. The fourth-order valence-electron chi connectivity index (χ4n) is 3.40. The second kappa shape index (κ2) is 9.50. The number of hydrogen-bond donors (Lipinski definition) is 1. The Hall–Kier alpha value is -3.23. The number of nitrogens with one attached hydrogen (secondary N) is 1. The summed E-state index contributed by atoms with van der Waals surface area (Å²) in [7, 11) is 0. The zero-order valence-corrected chi connectivity index (χ0v) is 18.0. The highest BCUT2D eigenvalue weighted by Crippen LogP contribution is 2.35. The van der Waals surface area contributed by atoms with Gasteiger partial charge in [-0.1, -0.05) is 18.2 Å². The minimum Gasteiger partial charge on any atom is -0.491 e. The molecule has 0 saturated heterocycles. The molecule has 0 aromatic heterocycles. The van der Waals surface area contributed by atoms with Gasteiger partial charge in [-0.25, -0.2) is 0 Å². The van der Waals surface area contributed by atoms with Crippen LogP contribution in [0.4, 0.5) is 18.9 Å². The van der Waals surface area contributed by atoms with Crippen LogP contribution in [0.25, 0.3) is 0 Å². The van der Waals surface area contributed by atoms with Gasteiger partial charge < -0.3 is 19.7 Å². The Kier molecular flexibility index (Phi) is 6.96. The molecule has 6 nitrogen and oxygen atoms in total. The van der Waals surface area contributed by atoms with E-state index in [4.69, 9.17) is 9.47 Å². The Morgan fingerprint density at radius 2 is 1.94 bits per heavy atom. The van der Waals surface area contributed by atoms with Gasteiger partial charge in [0.2, 0.25) is 5.91 Å². The number of amides is 2. The first-order valence-corrected chi connectivity index (χ1v) is 10.3. The van der Waals surface area contributed by atoms with Crippen LogP contribution in [0.15, 0.2) is 42.5 Å². The summed E-state index contributed by atoms with van der Waals surface area (Å²) in [6.45, 7) is 4.86. The van der Waals surface area contributed by atoms with Crippen molar-refractivity contribution in [3.8, 4) is 11.5 Å². The number of ether oxygens (including phenoxy) is 2.